The van der Waals surface area contributed by atoms with E-state index >= 15 is 0 Å². The molecule has 1 saturated heterocycles. The van der Waals surface area contributed by atoms with Crippen molar-refractivity contribution in [2.75, 3.05) is 18.4 Å². The van der Waals surface area contributed by atoms with Crippen LogP contribution in [-0.4, -0.2) is 45.2 Å². The molecule has 2 aromatic carbocycles. The number of amides is 2. The lowest BCUT2D eigenvalue weighted by Crippen LogP contribution is -2.38. The van der Waals surface area contributed by atoms with E-state index in [9.17, 15) is 14.0 Å². The summed E-state index contributed by atoms with van der Waals surface area (Å²) in [6, 6.07) is 9.87. The molecule has 1 aliphatic heterocycles. The number of nitrogens with one attached hydrogen (secondary N) is 2. The summed E-state index contributed by atoms with van der Waals surface area (Å²) in [4.78, 5) is 26.2. The van der Waals surface area contributed by atoms with E-state index in [-0.39, 0.29) is 17.4 Å². The predicted octanol–water partition coefficient (Wildman–Crippen LogP) is 2.05. The number of hydrogen-bond acceptors (Lipinski definition) is 5. The summed E-state index contributed by atoms with van der Waals surface area (Å²) < 4.78 is 13.8. The van der Waals surface area contributed by atoms with Gasteiger partial charge in [0, 0.05) is 24.2 Å². The molecule has 0 unspecified atom stereocenters. The molecule has 0 spiro atoms. The third-order valence-corrected chi connectivity index (χ3v) is 5.21. The molecule has 2 amide bonds. The summed E-state index contributed by atoms with van der Waals surface area (Å²) in [5.41, 5.74) is 7.76. The molecule has 9 heteroatoms. The van der Waals surface area contributed by atoms with Crippen LogP contribution in [0.1, 0.15) is 28.8 Å². The third-order valence-electron chi connectivity index (χ3n) is 5.21. The number of aromatic nitrogens is 3. The Kier molecular flexibility index (Phi) is 5.22. The lowest BCUT2D eigenvalue weighted by molar-refractivity contribution is -0.123. The first-order chi connectivity index (χ1) is 14.0. The van der Waals surface area contributed by atoms with Crippen LogP contribution in [0.5, 0.6) is 0 Å². The molecule has 1 aromatic heterocycles. The van der Waals surface area contributed by atoms with Crippen molar-refractivity contribution in [3.05, 3.63) is 53.3 Å². The number of primary amides is 1. The van der Waals surface area contributed by atoms with Crippen LogP contribution >= 0.6 is 0 Å². The second kappa shape index (κ2) is 7.96. The SMILES string of the molecule is NC(=O)C1CCN(Cc2cccc(NC(=O)c3cc(F)cc4n[nH]nc34)c2)CC1. The molecule has 150 valence electrons. The fraction of sp³-hybridized carbons (Fsp3) is 0.300. The van der Waals surface area contributed by atoms with Gasteiger partial charge >= 0.3 is 0 Å². The van der Waals surface area contributed by atoms with Crippen LogP contribution in [0, 0.1) is 11.7 Å². The molecule has 3 aromatic rings. The number of nitrogens with two attached hydrogens (primary N) is 1. The molecular formula is C20H21FN6O2. The van der Waals surface area contributed by atoms with Crippen LogP contribution in [0.15, 0.2) is 36.4 Å². The monoisotopic (exact) mass is 396 g/mol. The van der Waals surface area contributed by atoms with Crippen molar-refractivity contribution < 1.29 is 14.0 Å². The number of carbonyl (C=O) groups is 2. The lowest BCUT2D eigenvalue weighted by Gasteiger charge is -2.30. The number of H-pyrrole nitrogens is 1. The number of carbonyl (C=O) groups excluding carboxylic acids is 2. The maximum Gasteiger partial charge on any atom is 0.258 e. The van der Waals surface area contributed by atoms with Crippen molar-refractivity contribution in [3.8, 4) is 0 Å². The van der Waals surface area contributed by atoms with Gasteiger partial charge in [0.05, 0.1) is 5.56 Å². The average Bonchev–Trinajstić information content (AvgIpc) is 3.16. The second-order valence-corrected chi connectivity index (χ2v) is 7.25. The number of piperidine rings is 1. The maximum atomic E-state index is 13.8. The van der Waals surface area contributed by atoms with Crippen molar-refractivity contribution in [1.29, 1.82) is 0 Å². The molecule has 0 atom stereocenters. The Morgan fingerprint density at radius 3 is 2.76 bits per heavy atom. The summed E-state index contributed by atoms with van der Waals surface area (Å²) in [7, 11) is 0. The molecule has 2 heterocycles. The number of nitrogens with zero attached hydrogens (tertiary/aromatic N) is 3. The van der Waals surface area contributed by atoms with Crippen LogP contribution in [0.25, 0.3) is 11.0 Å². The van der Waals surface area contributed by atoms with E-state index in [1.165, 1.54) is 6.07 Å². The van der Waals surface area contributed by atoms with Crippen LogP contribution in [0.4, 0.5) is 10.1 Å². The summed E-state index contributed by atoms with van der Waals surface area (Å²) >= 11 is 0. The normalized spacial score (nSPS) is 15.5. The first-order valence-corrected chi connectivity index (χ1v) is 9.41. The number of benzene rings is 2. The highest BCUT2D eigenvalue weighted by Gasteiger charge is 2.23. The van der Waals surface area contributed by atoms with E-state index < -0.39 is 11.7 Å². The van der Waals surface area contributed by atoms with Crippen molar-refractivity contribution in [2.24, 2.45) is 11.7 Å². The van der Waals surface area contributed by atoms with Crippen molar-refractivity contribution in [1.82, 2.24) is 20.3 Å². The smallest absolute Gasteiger partial charge is 0.258 e. The van der Waals surface area contributed by atoms with Crippen molar-refractivity contribution >= 4 is 28.5 Å². The Balaban J connectivity index is 1.44. The van der Waals surface area contributed by atoms with Gasteiger partial charge < -0.3 is 11.1 Å². The van der Waals surface area contributed by atoms with Gasteiger partial charge in [-0.1, -0.05) is 12.1 Å². The number of rotatable bonds is 5. The van der Waals surface area contributed by atoms with Crippen LogP contribution in [0.3, 0.4) is 0 Å². The molecule has 29 heavy (non-hydrogen) atoms. The van der Waals surface area contributed by atoms with Gasteiger partial charge in [-0.2, -0.15) is 15.4 Å². The zero-order chi connectivity index (χ0) is 20.4. The highest BCUT2D eigenvalue weighted by Crippen LogP contribution is 2.21. The van der Waals surface area contributed by atoms with E-state index in [0.717, 1.165) is 37.6 Å². The van der Waals surface area contributed by atoms with Gasteiger partial charge in [-0.05, 0) is 49.7 Å². The molecule has 0 saturated carbocycles. The third kappa shape index (κ3) is 4.24. The summed E-state index contributed by atoms with van der Waals surface area (Å²) in [5.74, 6) is -1.28. The van der Waals surface area contributed by atoms with E-state index in [1.54, 1.807) is 6.07 Å². The zero-order valence-electron chi connectivity index (χ0n) is 15.7. The minimum Gasteiger partial charge on any atom is -0.369 e. The van der Waals surface area contributed by atoms with E-state index in [4.69, 9.17) is 5.73 Å². The van der Waals surface area contributed by atoms with Gasteiger partial charge in [0.2, 0.25) is 5.91 Å². The Labute approximate surface area is 166 Å². The van der Waals surface area contributed by atoms with E-state index in [1.807, 2.05) is 18.2 Å². The predicted molar refractivity (Wildman–Crippen MR) is 105 cm³/mol. The average molecular weight is 396 g/mol. The Hall–Kier alpha value is -3.33. The molecule has 1 fully saturated rings. The fourth-order valence-corrected chi connectivity index (χ4v) is 3.67. The van der Waals surface area contributed by atoms with Gasteiger partial charge in [-0.3, -0.25) is 14.5 Å². The number of anilines is 1. The Bertz CT molecular complexity index is 1060. The van der Waals surface area contributed by atoms with Crippen molar-refractivity contribution in [2.45, 2.75) is 19.4 Å². The number of hydrogen-bond donors (Lipinski definition) is 3. The summed E-state index contributed by atoms with van der Waals surface area (Å²) in [6.07, 6.45) is 1.53. The number of halogens is 1. The summed E-state index contributed by atoms with van der Waals surface area (Å²) in [5, 5.41) is 13.0. The van der Waals surface area contributed by atoms with Gasteiger partial charge in [0.15, 0.2) is 0 Å². The second-order valence-electron chi connectivity index (χ2n) is 7.25. The zero-order valence-corrected chi connectivity index (χ0v) is 15.7. The van der Waals surface area contributed by atoms with Gasteiger partial charge in [-0.25, -0.2) is 4.39 Å². The molecule has 4 N–H and O–H groups in total. The molecule has 8 nitrogen and oxygen atoms in total. The van der Waals surface area contributed by atoms with Crippen molar-refractivity contribution in [3.63, 3.8) is 0 Å². The van der Waals surface area contributed by atoms with Gasteiger partial charge in [0.25, 0.3) is 5.91 Å². The highest BCUT2D eigenvalue weighted by atomic mass is 19.1. The molecule has 0 aliphatic carbocycles. The van der Waals surface area contributed by atoms with Gasteiger partial charge in [0.1, 0.15) is 16.9 Å². The minimum atomic E-state index is -0.551. The van der Waals surface area contributed by atoms with Crippen LogP contribution < -0.4 is 11.1 Å². The van der Waals surface area contributed by atoms with Crippen LogP contribution in [-0.2, 0) is 11.3 Å². The maximum absolute atomic E-state index is 13.8. The molecule has 1 aliphatic rings. The molecule has 0 bridgehead atoms. The number of fused-ring (bicyclic) bond motifs is 1. The minimum absolute atomic E-state index is 0.0449. The quantitative estimate of drug-likeness (QED) is 0.610. The Morgan fingerprint density at radius 1 is 1.21 bits per heavy atom. The molecule has 0 radical (unpaired) electrons. The largest absolute Gasteiger partial charge is 0.369 e. The van der Waals surface area contributed by atoms with Gasteiger partial charge in [-0.15, -0.1) is 0 Å². The number of aromatic amines is 1. The standard InChI is InChI=1S/C20H21FN6O2/c21-14-9-16(18-17(10-14)24-26-25-18)20(29)23-15-3-1-2-12(8-15)11-27-6-4-13(5-7-27)19(22)28/h1-3,8-10,13H,4-7,11H2,(H2,22,28)(H,23,29)(H,24,25,26). The fourth-order valence-electron chi connectivity index (χ4n) is 3.67. The molecule has 4 rings (SSSR count). The topological polar surface area (TPSA) is 117 Å². The first kappa shape index (κ1) is 19.0. The van der Waals surface area contributed by atoms with E-state index in [2.05, 4.69) is 25.6 Å². The van der Waals surface area contributed by atoms with E-state index in [0.29, 0.717) is 23.3 Å². The Morgan fingerprint density at radius 2 is 2.00 bits per heavy atom. The lowest BCUT2D eigenvalue weighted by atomic mass is 9.96. The van der Waals surface area contributed by atoms with Crippen LogP contribution in [0.2, 0.25) is 0 Å². The first-order valence-electron chi connectivity index (χ1n) is 9.41. The highest BCUT2D eigenvalue weighted by molar-refractivity contribution is 6.11. The molecular weight excluding hydrogens is 375 g/mol. The summed E-state index contributed by atoms with van der Waals surface area (Å²) in [6.45, 7) is 2.32. The number of likely N-dealkylation sites (tertiary alicyclic amines) is 1.